The monoisotopic (exact) mass is 240 g/mol. The Balaban J connectivity index is 2.41. The summed E-state index contributed by atoms with van der Waals surface area (Å²) >= 11 is 0. The van der Waals surface area contributed by atoms with Gasteiger partial charge in [-0.2, -0.15) is 0 Å². The molecule has 0 fully saturated rings. The van der Waals surface area contributed by atoms with Crippen molar-refractivity contribution in [2.75, 3.05) is 13.7 Å². The van der Waals surface area contributed by atoms with Gasteiger partial charge in [0.25, 0.3) is 0 Å². The van der Waals surface area contributed by atoms with Crippen LogP contribution in [0.1, 0.15) is 32.6 Å². The van der Waals surface area contributed by atoms with Crippen LogP contribution in [0.5, 0.6) is 0 Å². The zero-order chi connectivity index (χ0) is 12.9. The second kappa shape index (κ2) is 5.72. The molecule has 0 aromatic carbocycles. The molecule has 2 amide bonds. The molecule has 0 radical (unpaired) electrons. The predicted octanol–water partition coefficient (Wildman–Crippen LogP) is 2.06. The molecule has 0 saturated heterocycles. The summed E-state index contributed by atoms with van der Waals surface area (Å²) in [5.74, 6) is 0.698. The second-order valence-corrected chi connectivity index (χ2v) is 4.82. The first-order valence-corrected chi connectivity index (χ1v) is 5.54. The predicted molar refractivity (Wildman–Crippen MR) is 64.7 cm³/mol. The lowest BCUT2D eigenvalue weighted by molar-refractivity contribution is 0.0847. The Bertz CT molecular complexity index is 341. The molecule has 2 N–H and O–H groups in total. The fourth-order valence-corrected chi connectivity index (χ4v) is 1.34. The number of carbonyl (C=O) groups is 1. The Morgan fingerprint density at radius 3 is 2.71 bits per heavy atom. The first-order valence-electron chi connectivity index (χ1n) is 5.54. The molecule has 5 heteroatoms. The highest BCUT2D eigenvalue weighted by Crippen LogP contribution is 2.15. The third kappa shape index (κ3) is 4.91. The van der Waals surface area contributed by atoms with Crippen molar-refractivity contribution in [2.45, 2.75) is 32.4 Å². The molecule has 1 rings (SSSR count). The van der Waals surface area contributed by atoms with Crippen molar-refractivity contribution in [3.8, 4) is 0 Å². The average Bonchev–Trinajstić information content (AvgIpc) is 2.69. The Hall–Kier alpha value is -1.49. The maximum atomic E-state index is 11.5. The molecule has 17 heavy (non-hydrogen) atoms. The molecule has 1 unspecified atom stereocenters. The van der Waals surface area contributed by atoms with Crippen molar-refractivity contribution in [2.24, 2.45) is 0 Å². The Morgan fingerprint density at radius 2 is 2.24 bits per heavy atom. The van der Waals surface area contributed by atoms with E-state index in [1.807, 2.05) is 26.8 Å². The van der Waals surface area contributed by atoms with Crippen molar-refractivity contribution in [3.05, 3.63) is 24.2 Å². The minimum Gasteiger partial charge on any atom is -0.467 e. The first kappa shape index (κ1) is 13.6. The summed E-state index contributed by atoms with van der Waals surface area (Å²) in [7, 11) is 1.58. The van der Waals surface area contributed by atoms with Gasteiger partial charge in [-0.25, -0.2) is 4.79 Å². The lowest BCUT2D eigenvalue weighted by atomic mass is 10.1. The van der Waals surface area contributed by atoms with Gasteiger partial charge in [-0.15, -0.1) is 0 Å². The van der Waals surface area contributed by atoms with E-state index < -0.39 is 0 Å². The van der Waals surface area contributed by atoms with Crippen LogP contribution in [0.3, 0.4) is 0 Å². The van der Waals surface area contributed by atoms with E-state index >= 15 is 0 Å². The number of amides is 2. The van der Waals surface area contributed by atoms with E-state index in [4.69, 9.17) is 9.15 Å². The van der Waals surface area contributed by atoms with E-state index in [0.717, 1.165) is 0 Å². The quantitative estimate of drug-likeness (QED) is 0.846. The van der Waals surface area contributed by atoms with Crippen molar-refractivity contribution in [1.82, 2.24) is 10.6 Å². The number of nitrogens with one attached hydrogen (secondary N) is 2. The smallest absolute Gasteiger partial charge is 0.315 e. The van der Waals surface area contributed by atoms with Crippen LogP contribution in [-0.2, 0) is 4.74 Å². The van der Waals surface area contributed by atoms with Crippen LogP contribution in [0, 0.1) is 0 Å². The summed E-state index contributed by atoms with van der Waals surface area (Å²) in [5, 5.41) is 5.55. The van der Waals surface area contributed by atoms with Crippen LogP contribution in [0.25, 0.3) is 0 Å². The van der Waals surface area contributed by atoms with Crippen molar-refractivity contribution in [3.63, 3.8) is 0 Å². The number of methoxy groups -OCH3 is 1. The van der Waals surface area contributed by atoms with E-state index in [0.29, 0.717) is 12.3 Å². The summed E-state index contributed by atoms with van der Waals surface area (Å²) < 4.78 is 10.5. The minimum absolute atomic E-state index is 0.217. The van der Waals surface area contributed by atoms with Crippen LogP contribution in [0.2, 0.25) is 0 Å². The third-order valence-corrected chi connectivity index (χ3v) is 2.08. The van der Waals surface area contributed by atoms with Gasteiger partial charge in [0.2, 0.25) is 0 Å². The number of hydrogen-bond acceptors (Lipinski definition) is 3. The fourth-order valence-electron chi connectivity index (χ4n) is 1.34. The average molecular weight is 240 g/mol. The topological polar surface area (TPSA) is 63.5 Å². The van der Waals surface area contributed by atoms with Crippen molar-refractivity contribution < 1.29 is 13.9 Å². The molecule has 0 bridgehead atoms. The van der Waals surface area contributed by atoms with E-state index in [1.165, 1.54) is 0 Å². The number of hydrogen-bond donors (Lipinski definition) is 2. The molecule has 0 aliphatic carbocycles. The first-order chi connectivity index (χ1) is 7.92. The number of rotatable bonds is 4. The lowest BCUT2D eigenvalue weighted by Gasteiger charge is -2.21. The van der Waals surface area contributed by atoms with Crippen LogP contribution < -0.4 is 10.6 Å². The van der Waals surface area contributed by atoms with Crippen molar-refractivity contribution >= 4 is 6.03 Å². The highest BCUT2D eigenvalue weighted by molar-refractivity contribution is 5.74. The molecule has 0 aliphatic rings. The van der Waals surface area contributed by atoms with Crippen LogP contribution in [0.4, 0.5) is 4.79 Å². The van der Waals surface area contributed by atoms with Gasteiger partial charge in [0, 0.05) is 12.6 Å². The molecule has 0 aliphatic heterocycles. The minimum atomic E-state index is -0.268. The van der Waals surface area contributed by atoms with Crippen LogP contribution in [0.15, 0.2) is 22.8 Å². The molecule has 0 spiro atoms. The molecule has 1 aromatic rings. The maximum absolute atomic E-state index is 11.5. The molecule has 1 atom stereocenters. The van der Waals surface area contributed by atoms with Gasteiger partial charge in [-0.05, 0) is 32.9 Å². The SMILES string of the molecule is COC(CNC(=O)NC(C)(C)C)c1ccco1. The van der Waals surface area contributed by atoms with Gasteiger partial charge in [-0.1, -0.05) is 0 Å². The van der Waals surface area contributed by atoms with E-state index in [2.05, 4.69) is 10.6 Å². The van der Waals surface area contributed by atoms with E-state index in [9.17, 15) is 4.79 Å². The fraction of sp³-hybridized carbons (Fsp3) is 0.583. The lowest BCUT2D eigenvalue weighted by Crippen LogP contribution is -2.47. The second-order valence-electron chi connectivity index (χ2n) is 4.82. The van der Waals surface area contributed by atoms with Crippen LogP contribution in [-0.4, -0.2) is 25.2 Å². The van der Waals surface area contributed by atoms with E-state index in [-0.39, 0.29) is 17.7 Å². The summed E-state index contributed by atoms with van der Waals surface area (Å²) in [6, 6.07) is 3.39. The molecule has 0 saturated carbocycles. The normalized spacial score (nSPS) is 13.2. The maximum Gasteiger partial charge on any atom is 0.315 e. The number of carbonyl (C=O) groups excluding carboxylic acids is 1. The standard InChI is InChI=1S/C12H20N2O3/c1-12(2,3)14-11(15)13-8-10(16-4)9-6-5-7-17-9/h5-7,10H,8H2,1-4H3,(H2,13,14,15). The highest BCUT2D eigenvalue weighted by atomic mass is 16.5. The molecule has 1 aromatic heterocycles. The third-order valence-electron chi connectivity index (χ3n) is 2.08. The molecule has 96 valence electrons. The van der Waals surface area contributed by atoms with Gasteiger partial charge in [0.1, 0.15) is 11.9 Å². The Labute approximate surface area is 102 Å². The number of urea groups is 1. The highest BCUT2D eigenvalue weighted by Gasteiger charge is 2.17. The van der Waals surface area contributed by atoms with Gasteiger partial charge in [0.15, 0.2) is 0 Å². The summed E-state index contributed by atoms with van der Waals surface area (Å²) in [6.45, 7) is 6.14. The van der Waals surface area contributed by atoms with Crippen LogP contribution >= 0.6 is 0 Å². The number of furan rings is 1. The summed E-state index contributed by atoms with van der Waals surface area (Å²) in [5.41, 5.74) is -0.253. The Morgan fingerprint density at radius 1 is 1.53 bits per heavy atom. The van der Waals surface area contributed by atoms with Gasteiger partial charge in [0.05, 0.1) is 12.8 Å². The van der Waals surface area contributed by atoms with Gasteiger partial charge >= 0.3 is 6.03 Å². The zero-order valence-corrected chi connectivity index (χ0v) is 10.7. The van der Waals surface area contributed by atoms with E-state index in [1.54, 1.807) is 19.4 Å². The zero-order valence-electron chi connectivity index (χ0n) is 10.7. The largest absolute Gasteiger partial charge is 0.467 e. The molecule has 1 heterocycles. The summed E-state index contributed by atoms with van der Waals surface area (Å²) in [6.07, 6.45) is 1.31. The molecular formula is C12H20N2O3. The van der Waals surface area contributed by atoms with Gasteiger partial charge in [-0.3, -0.25) is 0 Å². The van der Waals surface area contributed by atoms with Gasteiger partial charge < -0.3 is 19.8 Å². The Kier molecular flexibility index (Phi) is 4.57. The molecular weight excluding hydrogens is 220 g/mol. The molecule has 5 nitrogen and oxygen atoms in total. The van der Waals surface area contributed by atoms with Crippen molar-refractivity contribution in [1.29, 1.82) is 0 Å². The summed E-state index contributed by atoms with van der Waals surface area (Å²) in [4.78, 5) is 11.5. The number of ether oxygens (including phenoxy) is 1.